The number of hydrogen-bond acceptors (Lipinski definition) is 4. The van der Waals surface area contributed by atoms with Crippen LogP contribution in [-0.4, -0.2) is 30.4 Å². The zero-order valence-corrected chi connectivity index (χ0v) is 9.10. The summed E-state index contributed by atoms with van der Waals surface area (Å²) in [6.07, 6.45) is 1.60. The molecule has 1 heterocycles. The maximum atomic E-state index is 10.2. The van der Waals surface area contributed by atoms with Crippen LogP contribution in [0, 0.1) is 0 Å². The molecule has 16 heavy (non-hydrogen) atoms. The summed E-state index contributed by atoms with van der Waals surface area (Å²) >= 11 is 0. The van der Waals surface area contributed by atoms with Crippen LogP contribution in [0.2, 0.25) is 0 Å². The molecule has 4 nitrogen and oxygen atoms in total. The molecule has 86 valence electrons. The molecule has 0 aliphatic rings. The van der Waals surface area contributed by atoms with Crippen molar-refractivity contribution in [2.75, 3.05) is 20.2 Å². The molecule has 1 unspecified atom stereocenters. The van der Waals surface area contributed by atoms with Crippen LogP contribution in [0.15, 0.2) is 34.9 Å². The average molecular weight is 221 g/mol. The standard InChI is InChI=1S/C12H15NO3/c1-13-7-12(15,8-14)10-2-3-11-9(6-10)4-5-16-11/h2-6,13-15H,7-8H2,1H3. The predicted molar refractivity (Wildman–Crippen MR) is 61.1 cm³/mol. The van der Waals surface area contributed by atoms with Gasteiger partial charge in [0.15, 0.2) is 0 Å². The molecule has 1 aromatic heterocycles. The fraction of sp³-hybridized carbons (Fsp3) is 0.333. The normalized spacial score (nSPS) is 15.2. The topological polar surface area (TPSA) is 65.6 Å². The van der Waals surface area contributed by atoms with Gasteiger partial charge < -0.3 is 19.9 Å². The molecule has 1 aromatic carbocycles. The molecule has 0 amide bonds. The van der Waals surface area contributed by atoms with Crippen molar-refractivity contribution in [1.29, 1.82) is 0 Å². The van der Waals surface area contributed by atoms with Crippen LogP contribution in [0.25, 0.3) is 11.0 Å². The highest BCUT2D eigenvalue weighted by atomic mass is 16.3. The Kier molecular flexibility index (Phi) is 2.96. The fourth-order valence-corrected chi connectivity index (χ4v) is 1.80. The third-order valence-electron chi connectivity index (χ3n) is 2.72. The Hall–Kier alpha value is -1.36. The second-order valence-corrected chi connectivity index (χ2v) is 3.89. The van der Waals surface area contributed by atoms with E-state index in [1.165, 1.54) is 0 Å². The molecular weight excluding hydrogens is 206 g/mol. The van der Waals surface area contributed by atoms with Crippen LogP contribution < -0.4 is 5.32 Å². The van der Waals surface area contributed by atoms with Crippen molar-refractivity contribution in [3.05, 3.63) is 36.1 Å². The van der Waals surface area contributed by atoms with Crippen LogP contribution in [-0.2, 0) is 5.60 Å². The molecule has 2 aromatic rings. The molecule has 0 spiro atoms. The first kappa shape index (κ1) is 11.1. The number of nitrogens with one attached hydrogen (secondary N) is 1. The Morgan fingerprint density at radius 3 is 2.88 bits per heavy atom. The second-order valence-electron chi connectivity index (χ2n) is 3.89. The van der Waals surface area contributed by atoms with E-state index in [1.54, 1.807) is 25.4 Å². The molecule has 0 saturated carbocycles. The van der Waals surface area contributed by atoms with E-state index in [9.17, 15) is 10.2 Å². The minimum atomic E-state index is -1.25. The molecule has 3 N–H and O–H groups in total. The highest BCUT2D eigenvalue weighted by Crippen LogP contribution is 2.25. The van der Waals surface area contributed by atoms with Crippen molar-refractivity contribution in [2.45, 2.75) is 5.60 Å². The Bertz CT molecular complexity index is 480. The van der Waals surface area contributed by atoms with E-state index in [4.69, 9.17) is 4.42 Å². The highest BCUT2D eigenvalue weighted by Gasteiger charge is 2.27. The Morgan fingerprint density at radius 2 is 2.19 bits per heavy atom. The second kappa shape index (κ2) is 4.25. The molecule has 0 bridgehead atoms. The number of benzene rings is 1. The van der Waals surface area contributed by atoms with Gasteiger partial charge in [-0.25, -0.2) is 0 Å². The van der Waals surface area contributed by atoms with Crippen molar-refractivity contribution in [1.82, 2.24) is 5.32 Å². The number of likely N-dealkylation sites (N-methyl/N-ethyl adjacent to an activating group) is 1. The minimum absolute atomic E-state index is 0.298. The molecule has 0 saturated heterocycles. The van der Waals surface area contributed by atoms with Gasteiger partial charge >= 0.3 is 0 Å². The van der Waals surface area contributed by atoms with Gasteiger partial charge in [-0.2, -0.15) is 0 Å². The molecular formula is C12H15NO3. The van der Waals surface area contributed by atoms with Gasteiger partial charge in [-0.1, -0.05) is 6.07 Å². The summed E-state index contributed by atoms with van der Waals surface area (Å²) in [7, 11) is 1.73. The lowest BCUT2D eigenvalue weighted by Crippen LogP contribution is -2.39. The quantitative estimate of drug-likeness (QED) is 0.715. The van der Waals surface area contributed by atoms with Crippen LogP contribution in [0.5, 0.6) is 0 Å². The summed E-state index contributed by atoms with van der Waals surface area (Å²) in [6.45, 7) is -0.0238. The number of rotatable bonds is 4. The van der Waals surface area contributed by atoms with Gasteiger partial charge in [0.1, 0.15) is 11.2 Å². The van der Waals surface area contributed by atoms with Crippen LogP contribution in [0.1, 0.15) is 5.56 Å². The van der Waals surface area contributed by atoms with Crippen molar-refractivity contribution in [3.63, 3.8) is 0 Å². The molecule has 2 rings (SSSR count). The van der Waals surface area contributed by atoms with Crippen molar-refractivity contribution in [3.8, 4) is 0 Å². The third kappa shape index (κ3) is 1.82. The first-order valence-electron chi connectivity index (χ1n) is 5.15. The lowest BCUT2D eigenvalue weighted by Gasteiger charge is -2.26. The Morgan fingerprint density at radius 1 is 1.38 bits per heavy atom. The van der Waals surface area contributed by atoms with E-state index >= 15 is 0 Å². The van der Waals surface area contributed by atoms with E-state index in [0.717, 1.165) is 11.0 Å². The number of furan rings is 1. The average Bonchev–Trinajstić information content (AvgIpc) is 2.76. The van der Waals surface area contributed by atoms with Crippen molar-refractivity contribution in [2.24, 2.45) is 0 Å². The van der Waals surface area contributed by atoms with Crippen molar-refractivity contribution < 1.29 is 14.6 Å². The summed E-state index contributed by atoms with van der Waals surface area (Å²) in [5.74, 6) is 0. The summed E-state index contributed by atoms with van der Waals surface area (Å²) in [5, 5.41) is 23.3. The van der Waals surface area contributed by atoms with Crippen LogP contribution in [0.4, 0.5) is 0 Å². The number of aliphatic hydroxyl groups is 2. The monoisotopic (exact) mass is 221 g/mol. The van der Waals surface area contributed by atoms with Gasteiger partial charge in [-0.05, 0) is 30.8 Å². The maximum absolute atomic E-state index is 10.2. The SMILES string of the molecule is CNCC(O)(CO)c1ccc2occc2c1. The fourth-order valence-electron chi connectivity index (χ4n) is 1.80. The van der Waals surface area contributed by atoms with Crippen LogP contribution >= 0.6 is 0 Å². The molecule has 1 atom stereocenters. The molecule has 0 radical (unpaired) electrons. The number of aliphatic hydroxyl groups excluding tert-OH is 1. The zero-order chi connectivity index (χ0) is 11.6. The predicted octanol–water partition coefficient (Wildman–Crippen LogP) is 0.832. The summed E-state index contributed by atoms with van der Waals surface area (Å²) in [6, 6.07) is 7.21. The lowest BCUT2D eigenvalue weighted by molar-refractivity contribution is -0.0164. The lowest BCUT2D eigenvalue weighted by atomic mass is 9.94. The molecule has 4 heteroatoms. The first-order valence-corrected chi connectivity index (χ1v) is 5.15. The van der Waals surface area contributed by atoms with E-state index in [2.05, 4.69) is 5.32 Å². The summed E-state index contributed by atoms with van der Waals surface area (Å²) < 4.78 is 5.22. The maximum Gasteiger partial charge on any atom is 0.133 e. The smallest absolute Gasteiger partial charge is 0.133 e. The Balaban J connectivity index is 2.44. The Labute approximate surface area is 93.5 Å². The first-order chi connectivity index (χ1) is 7.69. The molecule has 0 fully saturated rings. The highest BCUT2D eigenvalue weighted by molar-refractivity contribution is 5.78. The third-order valence-corrected chi connectivity index (χ3v) is 2.72. The van der Waals surface area contributed by atoms with E-state index in [-0.39, 0.29) is 6.61 Å². The largest absolute Gasteiger partial charge is 0.464 e. The summed E-state index contributed by atoms with van der Waals surface area (Å²) in [5.41, 5.74) is 0.201. The number of hydrogen-bond donors (Lipinski definition) is 3. The zero-order valence-electron chi connectivity index (χ0n) is 9.10. The minimum Gasteiger partial charge on any atom is -0.464 e. The van der Waals surface area contributed by atoms with Crippen molar-refractivity contribution >= 4 is 11.0 Å². The van der Waals surface area contributed by atoms with Gasteiger partial charge in [0.05, 0.1) is 12.9 Å². The van der Waals surface area contributed by atoms with Gasteiger partial charge in [0.25, 0.3) is 0 Å². The van der Waals surface area contributed by atoms with Gasteiger partial charge in [-0.15, -0.1) is 0 Å². The van der Waals surface area contributed by atoms with Crippen LogP contribution in [0.3, 0.4) is 0 Å². The van der Waals surface area contributed by atoms with Gasteiger partial charge in [0.2, 0.25) is 0 Å². The molecule has 0 aliphatic heterocycles. The number of fused-ring (bicyclic) bond motifs is 1. The molecule has 0 aliphatic carbocycles. The van der Waals surface area contributed by atoms with Gasteiger partial charge in [0, 0.05) is 11.9 Å². The summed E-state index contributed by atoms with van der Waals surface area (Å²) in [4.78, 5) is 0. The van der Waals surface area contributed by atoms with Gasteiger partial charge in [-0.3, -0.25) is 0 Å². The van der Waals surface area contributed by atoms with E-state index in [0.29, 0.717) is 12.1 Å². The van der Waals surface area contributed by atoms with E-state index < -0.39 is 5.60 Å². The van der Waals surface area contributed by atoms with E-state index in [1.807, 2.05) is 12.1 Å².